The number of aryl methyl sites for hydroxylation is 1. The molecule has 0 atom stereocenters. The maximum Gasteiger partial charge on any atom is 0.335 e. The minimum Gasteiger partial charge on any atom is -0.478 e. The van der Waals surface area contributed by atoms with Crippen molar-refractivity contribution in [3.63, 3.8) is 0 Å². The van der Waals surface area contributed by atoms with E-state index in [1.54, 1.807) is 6.08 Å². The fourth-order valence-corrected chi connectivity index (χ4v) is 4.13. The highest BCUT2D eigenvalue weighted by Gasteiger charge is 2.36. The lowest BCUT2D eigenvalue weighted by molar-refractivity contribution is -0.130. The van der Waals surface area contributed by atoms with E-state index in [2.05, 4.69) is 45.9 Å². The summed E-state index contributed by atoms with van der Waals surface area (Å²) in [6, 6.07) is 12.3. The normalized spacial score (nSPS) is 17.8. The van der Waals surface area contributed by atoms with Crippen LogP contribution in [-0.2, 0) is 22.0 Å². The van der Waals surface area contributed by atoms with E-state index in [9.17, 15) is 14.3 Å². The van der Waals surface area contributed by atoms with Crippen LogP contribution in [0.2, 0.25) is 0 Å². The number of allylic oxidation sites excluding steroid dienone is 1. The van der Waals surface area contributed by atoms with E-state index in [1.165, 1.54) is 53.8 Å². The van der Waals surface area contributed by atoms with E-state index in [0.717, 1.165) is 6.42 Å². The molecule has 0 bridgehead atoms. The van der Waals surface area contributed by atoms with Gasteiger partial charge >= 0.3 is 5.97 Å². The fraction of sp³-hybridized carbons (Fsp3) is 0.400. The van der Waals surface area contributed by atoms with Gasteiger partial charge in [-0.05, 0) is 70.9 Å². The summed E-state index contributed by atoms with van der Waals surface area (Å²) in [5, 5.41) is 9.52. The van der Waals surface area contributed by atoms with Gasteiger partial charge in [-0.15, -0.1) is 0 Å². The Bertz CT molecular complexity index is 905. The number of aliphatic carboxylic acids is 1. The highest BCUT2D eigenvalue weighted by molar-refractivity contribution is 6.15. The molecule has 0 radical (unpaired) electrons. The van der Waals surface area contributed by atoms with Gasteiger partial charge in [0.05, 0.1) is 5.57 Å². The van der Waals surface area contributed by atoms with Gasteiger partial charge in [-0.3, -0.25) is 0 Å². The maximum absolute atomic E-state index is 13.1. The number of benzene rings is 2. The number of halogens is 1. The average Bonchev–Trinajstić information content (AvgIpc) is 2.63. The van der Waals surface area contributed by atoms with Crippen LogP contribution in [0.15, 0.2) is 48.5 Å². The molecule has 2 nitrogen and oxygen atoms in total. The predicted octanol–water partition coefficient (Wildman–Crippen LogP) is 6.28. The standard InChI is InChI=1S/C25H29FO2/c1-24(2)14-15-25(3,4)22-16-17(8-13-21(22)24)6-5-7-20(23(27)28)18-9-11-19(26)12-10-18/h7-13,16H,5-6,14-15H2,1-4H3,(H,27,28)/b20-7+. The molecule has 1 aliphatic carbocycles. The van der Waals surface area contributed by atoms with Gasteiger partial charge in [0.25, 0.3) is 0 Å². The van der Waals surface area contributed by atoms with Crippen molar-refractivity contribution in [2.45, 2.75) is 64.2 Å². The summed E-state index contributed by atoms with van der Waals surface area (Å²) >= 11 is 0. The molecule has 0 heterocycles. The number of rotatable bonds is 5. The molecule has 0 spiro atoms. The molecule has 1 N–H and O–H groups in total. The zero-order valence-corrected chi connectivity index (χ0v) is 17.2. The van der Waals surface area contributed by atoms with E-state index >= 15 is 0 Å². The Labute approximate surface area is 167 Å². The molecule has 0 amide bonds. The minimum atomic E-state index is -0.986. The molecule has 0 saturated carbocycles. The Balaban J connectivity index is 1.82. The first-order valence-electron chi connectivity index (χ1n) is 9.93. The second-order valence-corrected chi connectivity index (χ2v) is 9.12. The number of carboxylic acids is 1. The summed E-state index contributed by atoms with van der Waals surface area (Å²) in [5.41, 5.74) is 5.19. The Kier molecular flexibility index (Phi) is 5.47. The highest BCUT2D eigenvalue weighted by Crippen LogP contribution is 2.45. The largest absolute Gasteiger partial charge is 0.478 e. The SMILES string of the molecule is CC1(C)CCC(C)(C)c2cc(CC/C=C(/C(=O)O)c3ccc(F)cc3)ccc21. The fourth-order valence-electron chi connectivity index (χ4n) is 4.13. The molecule has 0 aromatic heterocycles. The Morgan fingerprint density at radius 3 is 2.21 bits per heavy atom. The lowest BCUT2D eigenvalue weighted by Gasteiger charge is -2.42. The molecule has 0 saturated heterocycles. The minimum absolute atomic E-state index is 0.164. The van der Waals surface area contributed by atoms with Crippen molar-refractivity contribution in [2.24, 2.45) is 0 Å². The van der Waals surface area contributed by atoms with Gasteiger partial charge in [0, 0.05) is 0 Å². The van der Waals surface area contributed by atoms with Crippen LogP contribution in [0.3, 0.4) is 0 Å². The van der Waals surface area contributed by atoms with Gasteiger partial charge in [-0.1, -0.05) is 64.1 Å². The summed E-state index contributed by atoms with van der Waals surface area (Å²) < 4.78 is 13.1. The Morgan fingerprint density at radius 2 is 1.61 bits per heavy atom. The van der Waals surface area contributed by atoms with Crippen LogP contribution >= 0.6 is 0 Å². The van der Waals surface area contributed by atoms with E-state index in [0.29, 0.717) is 12.0 Å². The lowest BCUT2D eigenvalue weighted by Crippen LogP contribution is -2.33. The van der Waals surface area contributed by atoms with E-state index in [-0.39, 0.29) is 22.2 Å². The number of hydrogen-bond donors (Lipinski definition) is 1. The predicted molar refractivity (Wildman–Crippen MR) is 112 cm³/mol. The molecule has 3 heteroatoms. The smallest absolute Gasteiger partial charge is 0.335 e. The molecule has 0 aliphatic heterocycles. The molecule has 0 fully saturated rings. The van der Waals surface area contributed by atoms with Crippen LogP contribution < -0.4 is 0 Å². The Morgan fingerprint density at radius 1 is 1.00 bits per heavy atom. The van der Waals surface area contributed by atoms with Crippen molar-refractivity contribution in [2.75, 3.05) is 0 Å². The monoisotopic (exact) mass is 380 g/mol. The third kappa shape index (κ3) is 4.19. The van der Waals surface area contributed by atoms with Gasteiger partial charge in [0.2, 0.25) is 0 Å². The van der Waals surface area contributed by atoms with Gasteiger partial charge in [0.1, 0.15) is 5.82 Å². The quantitative estimate of drug-likeness (QED) is 0.620. The first kappa shape index (κ1) is 20.3. The summed E-state index contributed by atoms with van der Waals surface area (Å²) in [5.74, 6) is -1.35. The first-order valence-corrected chi connectivity index (χ1v) is 9.93. The number of hydrogen-bond acceptors (Lipinski definition) is 1. The van der Waals surface area contributed by atoms with Crippen LogP contribution in [0, 0.1) is 5.82 Å². The zero-order chi connectivity index (χ0) is 20.5. The molecular weight excluding hydrogens is 351 g/mol. The number of carboxylic acid groups (broad SMARTS) is 1. The molecule has 28 heavy (non-hydrogen) atoms. The second-order valence-electron chi connectivity index (χ2n) is 9.12. The van der Waals surface area contributed by atoms with Crippen molar-refractivity contribution in [1.82, 2.24) is 0 Å². The number of carbonyl (C=O) groups is 1. The molecule has 3 rings (SSSR count). The van der Waals surface area contributed by atoms with E-state index in [1.807, 2.05) is 0 Å². The van der Waals surface area contributed by atoms with Gasteiger partial charge in [0.15, 0.2) is 0 Å². The Hall–Kier alpha value is -2.42. The number of fused-ring (bicyclic) bond motifs is 1. The topological polar surface area (TPSA) is 37.3 Å². The van der Waals surface area contributed by atoms with Crippen molar-refractivity contribution < 1.29 is 14.3 Å². The summed E-state index contributed by atoms with van der Waals surface area (Å²) in [4.78, 5) is 11.6. The maximum atomic E-state index is 13.1. The summed E-state index contributed by atoms with van der Waals surface area (Å²) in [7, 11) is 0. The average molecular weight is 381 g/mol. The van der Waals surface area contributed by atoms with Crippen LogP contribution in [0.5, 0.6) is 0 Å². The zero-order valence-electron chi connectivity index (χ0n) is 17.2. The van der Waals surface area contributed by atoms with Crippen molar-refractivity contribution >= 4 is 11.5 Å². The van der Waals surface area contributed by atoms with E-state index < -0.39 is 5.97 Å². The van der Waals surface area contributed by atoms with Crippen molar-refractivity contribution in [3.05, 3.63) is 76.6 Å². The lowest BCUT2D eigenvalue weighted by atomic mass is 9.63. The van der Waals surface area contributed by atoms with Gasteiger partial charge < -0.3 is 5.11 Å². The van der Waals surface area contributed by atoms with Crippen molar-refractivity contribution in [1.29, 1.82) is 0 Å². The third-order valence-electron chi connectivity index (χ3n) is 6.08. The second kappa shape index (κ2) is 7.54. The van der Waals surface area contributed by atoms with Crippen LogP contribution in [-0.4, -0.2) is 11.1 Å². The highest BCUT2D eigenvalue weighted by atomic mass is 19.1. The first-order chi connectivity index (χ1) is 13.1. The van der Waals surface area contributed by atoms with Crippen LogP contribution in [0.1, 0.15) is 69.2 Å². The van der Waals surface area contributed by atoms with Gasteiger partial charge in [-0.2, -0.15) is 0 Å². The molecule has 2 aromatic rings. The molecule has 0 unspecified atom stereocenters. The molecular formula is C25H29FO2. The molecule has 2 aromatic carbocycles. The summed E-state index contributed by atoms with van der Waals surface area (Å²) in [6.45, 7) is 9.24. The van der Waals surface area contributed by atoms with Crippen LogP contribution in [0.4, 0.5) is 4.39 Å². The van der Waals surface area contributed by atoms with E-state index in [4.69, 9.17) is 0 Å². The molecule has 148 valence electrons. The van der Waals surface area contributed by atoms with Gasteiger partial charge in [-0.25, -0.2) is 9.18 Å². The summed E-state index contributed by atoms with van der Waals surface area (Å²) in [6.07, 6.45) is 5.51. The van der Waals surface area contributed by atoms with Crippen LogP contribution in [0.25, 0.3) is 5.57 Å². The third-order valence-corrected chi connectivity index (χ3v) is 6.08. The molecule has 1 aliphatic rings. The van der Waals surface area contributed by atoms with Crippen molar-refractivity contribution in [3.8, 4) is 0 Å².